The predicted octanol–water partition coefficient (Wildman–Crippen LogP) is 18.9. The van der Waals surface area contributed by atoms with Crippen LogP contribution < -0.4 is 0 Å². The van der Waals surface area contributed by atoms with Crippen LogP contribution in [0.15, 0.2) is 208 Å². The van der Waals surface area contributed by atoms with E-state index < -0.39 is 0 Å². The molecule has 0 atom stereocenters. The normalized spacial score (nSPS) is 12.5. The smallest absolute Gasteiger partial charge is 0.135 e. The number of benzene rings is 9. The number of aromatic nitrogens is 2. The van der Waals surface area contributed by atoms with Crippen LogP contribution in [0.1, 0.15) is 36.2 Å². The zero-order valence-corrected chi connectivity index (χ0v) is 42.4. The van der Waals surface area contributed by atoms with Gasteiger partial charge in [-0.15, -0.1) is 24.0 Å². The molecule has 0 N–H and O–H groups in total. The monoisotopic (exact) mass is 998 g/mol. The number of allylic oxidation sites excluding steroid dienone is 5. The van der Waals surface area contributed by atoms with E-state index in [9.17, 15) is 10.5 Å². The van der Waals surface area contributed by atoms with Crippen molar-refractivity contribution in [1.82, 2.24) is 9.13 Å². The molecule has 14 rings (SSSR count). The van der Waals surface area contributed by atoms with E-state index in [-0.39, 0.29) is 0 Å². The lowest BCUT2D eigenvalue weighted by Gasteiger charge is -2.26. The highest BCUT2D eigenvalue weighted by Gasteiger charge is 2.33. The molecule has 0 unspecified atom stereocenters. The molecule has 0 bridgehead atoms. The summed E-state index contributed by atoms with van der Waals surface area (Å²) in [6.07, 6.45) is 11.0. The molecule has 5 aromatic heterocycles. The van der Waals surface area contributed by atoms with Gasteiger partial charge in [-0.1, -0.05) is 127 Å². The van der Waals surface area contributed by atoms with Gasteiger partial charge in [-0.25, -0.2) is 0 Å². The number of nitrogens with zero attached hydrogens (tertiary/aromatic N) is 4. The Morgan fingerprint density at radius 2 is 1.07 bits per heavy atom. The second-order valence-corrected chi connectivity index (χ2v) is 20.8. The number of thiol groups is 1. The second-order valence-electron chi connectivity index (χ2n) is 19.0. The van der Waals surface area contributed by atoms with Crippen LogP contribution in [-0.4, -0.2) is 9.13 Å². The van der Waals surface area contributed by atoms with Gasteiger partial charge in [0.25, 0.3) is 0 Å². The molecule has 354 valence electrons. The largest absolute Gasteiger partial charge is 0.456 e. The van der Waals surface area contributed by atoms with Crippen molar-refractivity contribution >= 4 is 127 Å². The van der Waals surface area contributed by atoms with Gasteiger partial charge in [0, 0.05) is 69.0 Å². The molecule has 14 aromatic rings. The molecular formula is C67H42N4O2S2. The summed E-state index contributed by atoms with van der Waals surface area (Å²) in [6, 6.07) is 64.2. The SMILES string of the molecule is C/C=C\C=C/Cc1c(/C=C(\C)S)n(-c2c(C#N)c(-c3ccc4oc5ccccc5c4c3)c(C#N)c(-n3c4ccccc4c4cc5c(cc43)sc3ccccc35)c2-c2ccc3oc4ccccc4c3c2)c2ccccc12. The highest BCUT2D eigenvalue weighted by Crippen LogP contribution is 2.51. The predicted molar refractivity (Wildman–Crippen MR) is 316 cm³/mol. The summed E-state index contributed by atoms with van der Waals surface area (Å²) >= 11 is 6.75. The van der Waals surface area contributed by atoms with E-state index in [0.29, 0.717) is 45.6 Å². The average molecular weight is 999 g/mol. The minimum Gasteiger partial charge on any atom is -0.456 e. The molecule has 0 amide bonds. The van der Waals surface area contributed by atoms with Crippen LogP contribution >= 0.6 is 24.0 Å². The topological polar surface area (TPSA) is 83.7 Å². The Bertz CT molecular complexity index is 4930. The Balaban J connectivity index is 1.25. The first-order valence-electron chi connectivity index (χ1n) is 24.9. The molecule has 6 nitrogen and oxygen atoms in total. The zero-order chi connectivity index (χ0) is 50.5. The first-order valence-corrected chi connectivity index (χ1v) is 26.2. The van der Waals surface area contributed by atoms with Gasteiger partial charge in [0.05, 0.1) is 44.7 Å². The molecule has 75 heavy (non-hydrogen) atoms. The molecule has 8 heteroatoms. The van der Waals surface area contributed by atoms with Gasteiger partial charge >= 0.3 is 0 Å². The van der Waals surface area contributed by atoms with E-state index in [1.807, 2.05) is 80.6 Å². The first kappa shape index (κ1) is 44.4. The molecule has 0 aliphatic rings. The number of furan rings is 2. The molecule has 5 heterocycles. The average Bonchev–Trinajstić information content (AvgIpc) is 4.31. The van der Waals surface area contributed by atoms with Gasteiger partial charge in [0.2, 0.25) is 0 Å². The van der Waals surface area contributed by atoms with Gasteiger partial charge in [-0.05, 0) is 115 Å². The summed E-state index contributed by atoms with van der Waals surface area (Å²) in [5.41, 5.74) is 12.5. The van der Waals surface area contributed by atoms with Gasteiger partial charge < -0.3 is 18.0 Å². The molecule has 0 saturated carbocycles. The number of para-hydroxylation sites is 4. The van der Waals surface area contributed by atoms with Gasteiger partial charge in [0.15, 0.2) is 0 Å². The van der Waals surface area contributed by atoms with Crippen molar-refractivity contribution in [1.29, 1.82) is 10.5 Å². The van der Waals surface area contributed by atoms with Gasteiger partial charge in [0.1, 0.15) is 34.5 Å². The molecule has 0 fully saturated rings. The Hall–Kier alpha value is -9.31. The van der Waals surface area contributed by atoms with Crippen LogP contribution in [0.5, 0.6) is 0 Å². The fourth-order valence-corrected chi connectivity index (χ4v) is 12.9. The molecule has 9 aromatic carbocycles. The van der Waals surface area contributed by atoms with Crippen LogP contribution in [0.2, 0.25) is 0 Å². The first-order chi connectivity index (χ1) is 36.9. The van der Waals surface area contributed by atoms with Crippen LogP contribution in [0.4, 0.5) is 0 Å². The highest BCUT2D eigenvalue weighted by atomic mass is 32.1. The summed E-state index contributed by atoms with van der Waals surface area (Å²) < 4.78 is 19.8. The number of hydrogen-bond acceptors (Lipinski definition) is 6. The quantitative estimate of drug-likeness (QED) is 0.121. The number of hydrogen-bond donors (Lipinski definition) is 1. The maximum absolute atomic E-state index is 12.3. The molecular weight excluding hydrogens is 957 g/mol. The highest BCUT2D eigenvalue weighted by molar-refractivity contribution is 7.84. The fourth-order valence-electron chi connectivity index (χ4n) is 11.6. The van der Waals surface area contributed by atoms with Crippen LogP contribution in [0.3, 0.4) is 0 Å². The van der Waals surface area contributed by atoms with Crippen molar-refractivity contribution in [3.05, 3.63) is 221 Å². The third kappa shape index (κ3) is 6.78. The summed E-state index contributed by atoms with van der Waals surface area (Å²) in [4.78, 5) is 0.796. The van der Waals surface area contributed by atoms with Crippen LogP contribution in [0.25, 0.3) is 136 Å². The van der Waals surface area contributed by atoms with E-state index in [1.54, 1.807) is 11.3 Å². The van der Waals surface area contributed by atoms with Gasteiger partial charge in [-0.3, -0.25) is 0 Å². The molecule has 0 radical (unpaired) electrons. The lowest BCUT2D eigenvalue weighted by Crippen LogP contribution is -2.12. The maximum Gasteiger partial charge on any atom is 0.135 e. The Morgan fingerprint density at radius 3 is 1.71 bits per heavy atom. The van der Waals surface area contributed by atoms with Crippen molar-refractivity contribution in [2.75, 3.05) is 0 Å². The van der Waals surface area contributed by atoms with Crippen molar-refractivity contribution in [2.24, 2.45) is 0 Å². The Labute approximate surface area is 440 Å². The number of thiophene rings is 1. The van der Waals surface area contributed by atoms with E-state index in [4.69, 9.17) is 21.5 Å². The number of fused-ring (bicyclic) bond motifs is 13. The lowest BCUT2D eigenvalue weighted by atomic mass is 9.85. The molecule has 0 aliphatic carbocycles. The Kier molecular flexibility index (Phi) is 10.3. The van der Waals surface area contributed by atoms with E-state index in [1.165, 1.54) is 15.5 Å². The second kappa shape index (κ2) is 17.4. The van der Waals surface area contributed by atoms with Gasteiger partial charge in [-0.2, -0.15) is 10.5 Å². The van der Waals surface area contributed by atoms with E-state index in [0.717, 1.165) is 103 Å². The molecule has 0 spiro atoms. The minimum atomic E-state index is 0.352. The lowest BCUT2D eigenvalue weighted by molar-refractivity contribution is 0.668. The maximum atomic E-state index is 12.3. The minimum absolute atomic E-state index is 0.352. The summed E-state index contributed by atoms with van der Waals surface area (Å²) in [5, 5.41) is 33.8. The Morgan fingerprint density at radius 1 is 0.520 bits per heavy atom. The van der Waals surface area contributed by atoms with E-state index >= 15 is 0 Å². The fraction of sp³-hybridized carbons (Fsp3) is 0.0448. The van der Waals surface area contributed by atoms with E-state index in [2.05, 4.69) is 155 Å². The van der Waals surface area contributed by atoms with Crippen molar-refractivity contribution in [3.63, 3.8) is 0 Å². The van der Waals surface area contributed by atoms with Crippen molar-refractivity contribution < 1.29 is 8.83 Å². The third-order valence-electron chi connectivity index (χ3n) is 14.7. The standard InChI is InChI=1S/C67H42N4O2S2/c1-3-4-5-6-17-43-42-18-7-12-23-54(42)70(56(43)32-39(2)74)66-52(37-68)64(40-28-30-60-49(33-40)45-20-9-14-25-58(45)72-60)53(38-69)67(65(66)41-29-31-61-50(34-41)46-21-10-15-26-59(46)73-61)71-55-24-13-8-19-44(55)48-35-51-47-22-11-16-27-62(47)75-63(51)36-57(48)71/h3-16,18-36,74H,17H2,1-2H3/b4-3-,6-5-,39-32+. The van der Waals surface area contributed by atoms with Crippen LogP contribution in [-0.2, 0) is 6.42 Å². The zero-order valence-electron chi connectivity index (χ0n) is 40.7. The van der Waals surface area contributed by atoms with Crippen molar-refractivity contribution in [2.45, 2.75) is 20.3 Å². The van der Waals surface area contributed by atoms with Crippen molar-refractivity contribution in [3.8, 4) is 45.8 Å². The number of nitriles is 2. The third-order valence-corrected chi connectivity index (χ3v) is 16.0. The molecule has 0 saturated heterocycles. The van der Waals surface area contributed by atoms with Crippen LogP contribution in [0, 0.1) is 22.7 Å². The summed E-state index contributed by atoms with van der Waals surface area (Å²) in [7, 11) is 0. The summed E-state index contributed by atoms with van der Waals surface area (Å²) in [5.74, 6) is 0. The number of rotatable bonds is 8. The molecule has 0 aliphatic heterocycles. The summed E-state index contributed by atoms with van der Waals surface area (Å²) in [6.45, 7) is 4.00.